The van der Waals surface area contributed by atoms with Crippen molar-refractivity contribution in [1.29, 1.82) is 0 Å². The fraction of sp³-hybridized carbons (Fsp3) is 0.358. The van der Waals surface area contributed by atoms with Crippen molar-refractivity contribution in [3.05, 3.63) is 123 Å². The summed E-state index contributed by atoms with van der Waals surface area (Å²) in [5, 5.41) is 12.8. The molecule has 1 saturated heterocycles. The number of hydrogen-bond donors (Lipinski definition) is 3. The Morgan fingerprint density at radius 1 is 0.861 bits per heavy atom. The molecule has 0 unspecified atom stereocenters. The van der Waals surface area contributed by atoms with Gasteiger partial charge in [-0.3, -0.25) is 24.6 Å². The number of amides is 4. The largest absolute Gasteiger partial charge is 0.539 e. The van der Waals surface area contributed by atoms with Crippen LogP contribution in [-0.2, 0) is 57.9 Å². The molecule has 0 radical (unpaired) electrons. The number of hydrogen-bond acceptors (Lipinski definition) is 19. The van der Waals surface area contributed by atoms with Crippen molar-refractivity contribution in [1.82, 2.24) is 20.2 Å². The van der Waals surface area contributed by atoms with E-state index in [1.54, 1.807) is 84.7 Å². The van der Waals surface area contributed by atoms with E-state index in [-0.39, 0.29) is 64.1 Å². The number of benzene rings is 3. The van der Waals surface area contributed by atoms with Crippen LogP contribution in [0.2, 0.25) is 5.02 Å². The number of thioether (sulfide) groups is 1. The average molecular weight is 1140 g/mol. The van der Waals surface area contributed by atoms with Gasteiger partial charge in [0.05, 0.1) is 24.8 Å². The zero-order valence-corrected chi connectivity index (χ0v) is 47.6. The number of methoxy groups -OCH3 is 2. The van der Waals surface area contributed by atoms with Crippen LogP contribution >= 0.6 is 34.7 Å². The number of nitrogens with one attached hydrogen (secondary N) is 3. The fourth-order valence-corrected chi connectivity index (χ4v) is 9.78. The molecule has 0 bridgehead atoms. The monoisotopic (exact) mass is 1140 g/mol. The minimum Gasteiger partial charge on any atom is -0.539 e. The van der Waals surface area contributed by atoms with E-state index in [9.17, 15) is 28.8 Å². The molecule has 22 nitrogen and oxygen atoms in total. The first-order valence-corrected chi connectivity index (χ1v) is 26.7. The molecule has 2 atom stereocenters. The van der Waals surface area contributed by atoms with Crippen molar-refractivity contribution in [2.75, 3.05) is 30.6 Å². The number of carbonyl (C=O) groups excluding carboxylic acids is 6. The van der Waals surface area contributed by atoms with Gasteiger partial charge in [0, 0.05) is 16.7 Å². The van der Waals surface area contributed by atoms with Crippen molar-refractivity contribution in [2.24, 2.45) is 5.16 Å². The van der Waals surface area contributed by atoms with Gasteiger partial charge in [-0.2, -0.15) is 0 Å². The molecule has 26 heteroatoms. The van der Waals surface area contributed by atoms with Crippen LogP contribution in [0.5, 0.6) is 23.0 Å². The molecule has 3 N–H and O–H groups in total. The second kappa shape index (κ2) is 24.8. The van der Waals surface area contributed by atoms with Gasteiger partial charge < -0.3 is 48.5 Å². The van der Waals surface area contributed by atoms with E-state index in [0.29, 0.717) is 22.8 Å². The molecule has 2 aliphatic rings. The molecule has 0 spiro atoms. The van der Waals surface area contributed by atoms with Gasteiger partial charge in [-0.15, -0.1) is 23.1 Å². The normalized spacial score (nSPS) is 15.4. The van der Waals surface area contributed by atoms with Crippen LogP contribution in [0.1, 0.15) is 82.6 Å². The van der Waals surface area contributed by atoms with Crippen LogP contribution in [0, 0.1) is 0 Å². The third-order valence-corrected chi connectivity index (χ3v) is 13.8. The number of halogens is 1. The van der Waals surface area contributed by atoms with Crippen LogP contribution in [0.25, 0.3) is 0 Å². The minimum absolute atomic E-state index is 0.00534. The average Bonchev–Trinajstić information content (AvgIpc) is 4.01. The first-order chi connectivity index (χ1) is 37.4. The number of anilines is 2. The van der Waals surface area contributed by atoms with Gasteiger partial charge in [0.1, 0.15) is 77.2 Å². The van der Waals surface area contributed by atoms with Gasteiger partial charge in [0.2, 0.25) is 5.60 Å². The molecule has 3 aromatic carbocycles. The van der Waals surface area contributed by atoms with Gasteiger partial charge in [-0.05, 0) is 103 Å². The summed E-state index contributed by atoms with van der Waals surface area (Å²) in [5.41, 5.74) is -1.47. The number of carbonyl (C=O) groups is 6. The molecular formula is C53H59BClN8O14S2+. The van der Waals surface area contributed by atoms with Crippen LogP contribution in [0.15, 0.2) is 101 Å². The first kappa shape index (κ1) is 58.8. The Balaban J connectivity index is 1.08. The number of thiazole rings is 1. The number of aromatic nitrogens is 3. The Kier molecular flexibility index (Phi) is 18.5. The molecule has 0 saturated carbocycles. The SMILES string of the molecule is BOC(=O)C1=C(C[n+]2cncc(NC(=O)c3ccc(OCc4ccc(OC)cc4)c(OCc4ccc(OC)cc4)c3Cl)c2)CS[C@@H]2[C@H](NC(=O)/C(=N\OC(C)(C)C(=O)OC(C)(C)C)c3csc(NC(=O)OC(C)(C)C)n3)C(=O)N12. The smallest absolute Gasteiger partial charge is 0.413 e. The molecular weight excluding hydrogens is 1080 g/mol. The number of ether oxygens (including phenoxy) is 6. The van der Waals surface area contributed by atoms with E-state index in [0.717, 1.165) is 22.5 Å². The zero-order valence-electron chi connectivity index (χ0n) is 45.2. The molecule has 2 aliphatic heterocycles. The van der Waals surface area contributed by atoms with Gasteiger partial charge in [0.25, 0.3) is 24.0 Å². The molecule has 4 heterocycles. The topological polar surface area (TPSA) is 258 Å². The van der Waals surface area contributed by atoms with E-state index in [2.05, 4.69) is 31.1 Å². The summed E-state index contributed by atoms with van der Waals surface area (Å²) in [5.74, 6) is -1.75. The number of β-lactam (4-membered cyclic amide) rings is 1. The maximum atomic E-state index is 14.2. The van der Waals surface area contributed by atoms with Crippen LogP contribution in [0.3, 0.4) is 0 Å². The summed E-state index contributed by atoms with van der Waals surface area (Å²) in [6.45, 7) is 13.2. The zero-order chi connectivity index (χ0) is 57.4. The van der Waals surface area contributed by atoms with Crippen LogP contribution < -0.4 is 39.5 Å². The lowest BCUT2D eigenvalue weighted by Gasteiger charge is -2.49. The van der Waals surface area contributed by atoms with Crippen LogP contribution in [-0.4, -0.2) is 113 Å². The summed E-state index contributed by atoms with van der Waals surface area (Å²) < 4.78 is 40.6. The van der Waals surface area contributed by atoms with Crippen molar-refractivity contribution >= 4 is 95.0 Å². The fourth-order valence-electron chi connectivity index (χ4n) is 7.47. The van der Waals surface area contributed by atoms with Gasteiger partial charge in [-0.25, -0.2) is 23.9 Å². The third-order valence-electron chi connectivity index (χ3n) is 11.3. The lowest BCUT2D eigenvalue weighted by atomic mass is 10.0. The highest BCUT2D eigenvalue weighted by molar-refractivity contribution is 8.00. The van der Waals surface area contributed by atoms with Crippen LogP contribution in [0.4, 0.5) is 15.6 Å². The maximum Gasteiger partial charge on any atom is 0.413 e. The van der Waals surface area contributed by atoms with Crippen molar-refractivity contribution < 1.29 is 71.2 Å². The lowest BCUT2D eigenvalue weighted by Crippen LogP contribution is -2.71. The summed E-state index contributed by atoms with van der Waals surface area (Å²) in [6, 6.07) is 16.6. The molecule has 4 amide bonds. The Hall–Kier alpha value is -7.90. The Labute approximate surface area is 469 Å². The summed E-state index contributed by atoms with van der Waals surface area (Å²) in [6.07, 6.45) is 3.69. The van der Waals surface area contributed by atoms with E-state index in [4.69, 9.17) is 49.5 Å². The summed E-state index contributed by atoms with van der Waals surface area (Å²) in [7, 11) is 4.33. The first-order valence-electron chi connectivity index (χ1n) is 24.4. The van der Waals surface area contributed by atoms with Crippen molar-refractivity contribution in [3.63, 3.8) is 0 Å². The second-order valence-electron chi connectivity index (χ2n) is 20.1. The quantitative estimate of drug-likeness (QED) is 0.0187. The molecule has 79 heavy (non-hydrogen) atoms. The molecule has 416 valence electrons. The number of esters is 1. The van der Waals surface area contributed by atoms with E-state index >= 15 is 0 Å². The molecule has 0 aliphatic carbocycles. The van der Waals surface area contributed by atoms with Gasteiger partial charge >= 0.3 is 26.1 Å². The number of rotatable bonds is 20. The predicted molar refractivity (Wildman–Crippen MR) is 295 cm³/mol. The number of oxime groups is 1. The predicted octanol–water partition coefficient (Wildman–Crippen LogP) is 6.54. The minimum atomic E-state index is -1.70. The van der Waals surface area contributed by atoms with E-state index in [1.165, 1.54) is 62.5 Å². The van der Waals surface area contributed by atoms with E-state index in [1.807, 2.05) is 36.4 Å². The lowest BCUT2D eigenvalue weighted by molar-refractivity contribution is -0.691. The second-order valence-corrected chi connectivity index (χ2v) is 22.5. The third kappa shape index (κ3) is 15.0. The number of nitrogens with zero attached hydrogens (tertiary/aromatic N) is 5. The Bertz CT molecular complexity index is 3180. The van der Waals surface area contributed by atoms with Gasteiger partial charge in [0.15, 0.2) is 28.5 Å². The highest BCUT2D eigenvalue weighted by atomic mass is 35.5. The highest BCUT2D eigenvalue weighted by Gasteiger charge is 2.55. The molecule has 1 fully saturated rings. The highest BCUT2D eigenvalue weighted by Crippen LogP contribution is 2.42. The van der Waals surface area contributed by atoms with E-state index < -0.39 is 69.7 Å². The maximum absolute atomic E-state index is 14.2. The number of fused-ring (bicyclic) bond motifs is 1. The Morgan fingerprint density at radius 2 is 1.49 bits per heavy atom. The Morgan fingerprint density at radius 3 is 2.10 bits per heavy atom. The van der Waals surface area contributed by atoms with Crippen molar-refractivity contribution in [3.8, 4) is 23.0 Å². The molecule has 7 rings (SSSR count). The molecule has 5 aromatic rings. The summed E-state index contributed by atoms with van der Waals surface area (Å²) >= 11 is 9.19. The molecule has 2 aromatic heterocycles. The standard InChI is InChI=1S/C53H58BClN8O14S2/c1-51(2,3)74-48(68)53(7,8)77-61-39(36-27-79-49(58-36)60-50(69)75-52(4,5)6)44(65)59-40-45(66)63-41(47(67)76-54)31(26-78-46(40)63)22-62-23-32(21-56-28-62)57-43(64)35-19-20-37(72-24-29-11-15-33(70-9)16-12-29)42(38(35)55)73-25-30-13-17-34(71-10)18-14-30/h11-21,23,27-28,40,46H,22,24-26,54H2,1-10H3,(H2-,57,58,59,60,64,65,69)/p+1/b61-39-/t40-,46-/m1/s1. The summed E-state index contributed by atoms with van der Waals surface area (Å²) in [4.78, 5) is 97.0. The van der Waals surface area contributed by atoms with Gasteiger partial charge in [-0.1, -0.05) is 46.0 Å². The van der Waals surface area contributed by atoms with Crippen molar-refractivity contribution in [2.45, 2.75) is 103 Å².